The van der Waals surface area contributed by atoms with Gasteiger partial charge in [-0.15, -0.1) is 0 Å². The molecule has 7 nitrogen and oxygen atoms in total. The van der Waals surface area contributed by atoms with Crippen LogP contribution in [0.5, 0.6) is 5.75 Å². The summed E-state index contributed by atoms with van der Waals surface area (Å²) in [6.07, 6.45) is 1.63. The Balaban J connectivity index is 1.61. The summed E-state index contributed by atoms with van der Waals surface area (Å²) < 4.78 is 25.3. The minimum absolute atomic E-state index is 0.0598. The summed E-state index contributed by atoms with van der Waals surface area (Å²) in [6.45, 7) is 3.44. The monoisotopic (exact) mass is 439 g/mol. The number of halogens is 1. The van der Waals surface area contributed by atoms with Crippen molar-refractivity contribution in [2.75, 3.05) is 25.1 Å². The number of amides is 2. The van der Waals surface area contributed by atoms with E-state index in [1.165, 1.54) is 17.0 Å². The van der Waals surface area contributed by atoms with Gasteiger partial charge < -0.3 is 24.7 Å². The Kier molecular flexibility index (Phi) is 6.70. The highest BCUT2D eigenvalue weighted by molar-refractivity contribution is 5.89. The second-order valence-electron chi connectivity index (χ2n) is 7.73. The fraction of sp³-hybridized carbons (Fsp3) is 0.333. The highest BCUT2D eigenvalue weighted by Gasteiger charge is 2.24. The van der Waals surface area contributed by atoms with Crippen molar-refractivity contribution in [3.05, 3.63) is 70.3 Å². The predicted octanol–water partition coefficient (Wildman–Crippen LogP) is 4.28. The Morgan fingerprint density at radius 2 is 2.12 bits per heavy atom. The zero-order valence-corrected chi connectivity index (χ0v) is 17.9. The average Bonchev–Trinajstić information content (AvgIpc) is 3.29. The van der Waals surface area contributed by atoms with Gasteiger partial charge in [0.25, 0.3) is 5.56 Å². The fourth-order valence-electron chi connectivity index (χ4n) is 3.82. The molecule has 2 heterocycles. The third-order valence-electron chi connectivity index (χ3n) is 5.42. The van der Waals surface area contributed by atoms with Crippen LogP contribution in [0.15, 0.2) is 53.3 Å². The number of hydrogen-bond donors (Lipinski definition) is 2. The Hall–Kier alpha value is -3.39. The van der Waals surface area contributed by atoms with Crippen LogP contribution in [-0.2, 0) is 11.3 Å². The number of pyridine rings is 1. The summed E-state index contributed by atoms with van der Waals surface area (Å²) in [6, 6.07) is 12.7. The zero-order valence-electron chi connectivity index (χ0n) is 17.9. The Bertz CT molecular complexity index is 1160. The lowest BCUT2D eigenvalue weighted by atomic mass is 10.1. The molecule has 1 aliphatic rings. The molecule has 1 saturated heterocycles. The second-order valence-corrected chi connectivity index (χ2v) is 7.73. The van der Waals surface area contributed by atoms with E-state index in [9.17, 15) is 14.0 Å². The summed E-state index contributed by atoms with van der Waals surface area (Å²) in [7, 11) is 0. The molecule has 2 N–H and O–H groups in total. The number of fused-ring (bicyclic) bond motifs is 1. The molecule has 0 spiro atoms. The van der Waals surface area contributed by atoms with E-state index in [4.69, 9.17) is 9.47 Å². The van der Waals surface area contributed by atoms with E-state index in [2.05, 4.69) is 10.3 Å². The van der Waals surface area contributed by atoms with Crippen LogP contribution in [0.1, 0.15) is 25.3 Å². The van der Waals surface area contributed by atoms with Crippen LogP contribution in [0.4, 0.5) is 14.9 Å². The lowest BCUT2D eigenvalue weighted by Gasteiger charge is -2.26. The summed E-state index contributed by atoms with van der Waals surface area (Å²) in [5, 5.41) is 3.41. The summed E-state index contributed by atoms with van der Waals surface area (Å²) >= 11 is 0. The molecular weight excluding hydrogens is 413 g/mol. The van der Waals surface area contributed by atoms with Gasteiger partial charge in [-0.1, -0.05) is 12.1 Å². The lowest BCUT2D eigenvalue weighted by molar-refractivity contribution is 0.0818. The number of anilines is 1. The minimum atomic E-state index is -0.523. The van der Waals surface area contributed by atoms with E-state index in [1.807, 2.05) is 13.0 Å². The molecule has 32 heavy (non-hydrogen) atoms. The normalized spacial score (nSPS) is 15.6. The molecule has 0 bridgehead atoms. The first-order valence-corrected chi connectivity index (χ1v) is 10.7. The van der Waals surface area contributed by atoms with E-state index in [0.29, 0.717) is 36.6 Å². The number of urea groups is 1. The predicted molar refractivity (Wildman–Crippen MR) is 121 cm³/mol. The highest BCUT2D eigenvalue weighted by Crippen LogP contribution is 2.21. The molecule has 4 rings (SSSR count). The van der Waals surface area contributed by atoms with E-state index < -0.39 is 11.8 Å². The van der Waals surface area contributed by atoms with Crippen molar-refractivity contribution in [3.8, 4) is 5.75 Å². The molecule has 0 aliphatic carbocycles. The van der Waals surface area contributed by atoms with Crippen molar-refractivity contribution in [1.29, 1.82) is 0 Å². The van der Waals surface area contributed by atoms with E-state index in [0.717, 1.165) is 18.2 Å². The number of hydrogen-bond acceptors (Lipinski definition) is 4. The molecule has 3 aromatic rings. The largest absolute Gasteiger partial charge is 0.494 e. The van der Waals surface area contributed by atoms with Crippen LogP contribution in [0.3, 0.4) is 0 Å². The molecule has 1 aromatic heterocycles. The van der Waals surface area contributed by atoms with Crippen LogP contribution in [0.25, 0.3) is 10.9 Å². The Morgan fingerprint density at radius 1 is 1.28 bits per heavy atom. The maximum Gasteiger partial charge on any atom is 0.322 e. The number of carbonyl (C=O) groups is 1. The quantitative estimate of drug-likeness (QED) is 0.576. The average molecular weight is 439 g/mol. The molecule has 2 aromatic carbocycles. The number of H-pyrrole nitrogens is 1. The topological polar surface area (TPSA) is 83.7 Å². The first-order valence-electron chi connectivity index (χ1n) is 10.7. The van der Waals surface area contributed by atoms with E-state index >= 15 is 0 Å². The Labute approximate surface area is 185 Å². The standard InChI is InChI=1S/C24H26FN3O4/c1-2-31-18-9-10-21-16(13-18)12-17(23(29)26-21)14-28(15-19-6-5-11-32-19)24(30)27-22-8-4-3-7-20(22)25/h3-4,7-10,12-13,19H,2,5-6,11,14-15H2,1H3,(H,26,29)(H,27,30)/t19-/m0/s1. The molecule has 168 valence electrons. The molecule has 1 aliphatic heterocycles. The van der Waals surface area contributed by atoms with Crippen molar-refractivity contribution in [3.63, 3.8) is 0 Å². The van der Waals surface area contributed by atoms with Crippen LogP contribution >= 0.6 is 0 Å². The van der Waals surface area contributed by atoms with Gasteiger partial charge in [0, 0.05) is 29.6 Å². The number of benzene rings is 2. The second kappa shape index (κ2) is 9.82. The van der Waals surface area contributed by atoms with Gasteiger partial charge in [0.05, 0.1) is 24.9 Å². The molecule has 1 fully saturated rings. The number of ether oxygens (including phenoxy) is 2. The Morgan fingerprint density at radius 3 is 2.88 bits per heavy atom. The van der Waals surface area contributed by atoms with Crippen LogP contribution in [-0.4, -0.2) is 41.8 Å². The van der Waals surface area contributed by atoms with Gasteiger partial charge in [-0.05, 0) is 56.2 Å². The number of carbonyl (C=O) groups excluding carboxylic acids is 1. The molecule has 0 radical (unpaired) electrons. The van der Waals surface area contributed by atoms with Gasteiger partial charge in [-0.2, -0.15) is 0 Å². The van der Waals surface area contributed by atoms with Crippen LogP contribution in [0, 0.1) is 5.82 Å². The molecule has 2 amide bonds. The number of aromatic nitrogens is 1. The summed E-state index contributed by atoms with van der Waals surface area (Å²) in [5.41, 5.74) is 0.915. The van der Waals surface area contributed by atoms with Gasteiger partial charge >= 0.3 is 6.03 Å². The zero-order chi connectivity index (χ0) is 22.5. The maximum absolute atomic E-state index is 14.1. The van der Waals surface area contributed by atoms with Gasteiger partial charge in [0.2, 0.25) is 0 Å². The number of para-hydroxylation sites is 1. The van der Waals surface area contributed by atoms with Crippen LogP contribution < -0.4 is 15.6 Å². The summed E-state index contributed by atoms with van der Waals surface area (Å²) in [4.78, 5) is 30.1. The van der Waals surface area contributed by atoms with Gasteiger partial charge in [0.1, 0.15) is 11.6 Å². The van der Waals surface area contributed by atoms with Crippen molar-refractivity contribution in [2.45, 2.75) is 32.4 Å². The molecule has 1 atom stereocenters. The number of nitrogens with one attached hydrogen (secondary N) is 2. The summed E-state index contributed by atoms with van der Waals surface area (Å²) in [5.74, 6) is 0.177. The van der Waals surface area contributed by atoms with E-state index in [-0.39, 0.29) is 23.9 Å². The molecule has 0 unspecified atom stereocenters. The minimum Gasteiger partial charge on any atom is -0.494 e. The molecular formula is C24H26FN3O4. The highest BCUT2D eigenvalue weighted by atomic mass is 19.1. The number of nitrogens with zero attached hydrogens (tertiary/aromatic N) is 1. The fourth-order valence-corrected chi connectivity index (χ4v) is 3.82. The maximum atomic E-state index is 14.1. The van der Waals surface area contributed by atoms with Crippen molar-refractivity contribution >= 4 is 22.6 Å². The number of aromatic amines is 1. The first-order chi connectivity index (χ1) is 15.5. The number of rotatable bonds is 7. The first kappa shape index (κ1) is 21.8. The van der Waals surface area contributed by atoms with Crippen molar-refractivity contribution < 1.29 is 18.7 Å². The lowest BCUT2D eigenvalue weighted by Crippen LogP contribution is -2.41. The smallest absolute Gasteiger partial charge is 0.322 e. The van der Waals surface area contributed by atoms with E-state index in [1.54, 1.807) is 30.3 Å². The van der Waals surface area contributed by atoms with Gasteiger partial charge in [0.15, 0.2) is 0 Å². The SMILES string of the molecule is CCOc1ccc2[nH]c(=O)c(CN(C[C@@H]3CCCO3)C(=O)Nc3ccccc3F)cc2c1. The third kappa shape index (κ3) is 5.08. The van der Waals surface area contributed by atoms with Gasteiger partial charge in [-0.3, -0.25) is 4.79 Å². The van der Waals surface area contributed by atoms with Crippen molar-refractivity contribution in [1.82, 2.24) is 9.88 Å². The van der Waals surface area contributed by atoms with Gasteiger partial charge in [-0.25, -0.2) is 9.18 Å². The van der Waals surface area contributed by atoms with Crippen LogP contribution in [0.2, 0.25) is 0 Å². The third-order valence-corrected chi connectivity index (χ3v) is 5.42. The van der Waals surface area contributed by atoms with Crippen molar-refractivity contribution in [2.24, 2.45) is 0 Å². The molecule has 0 saturated carbocycles. The molecule has 8 heteroatoms.